The van der Waals surface area contributed by atoms with Gasteiger partial charge in [-0.2, -0.15) is 0 Å². The van der Waals surface area contributed by atoms with Crippen molar-refractivity contribution in [3.05, 3.63) is 65.7 Å². The molecular formula is C22H23NO3. The minimum absolute atomic E-state index is 0.00152. The van der Waals surface area contributed by atoms with Crippen LogP contribution in [0.1, 0.15) is 32.3 Å². The van der Waals surface area contributed by atoms with Gasteiger partial charge in [0.25, 0.3) is 0 Å². The van der Waals surface area contributed by atoms with Gasteiger partial charge in [0.2, 0.25) is 0 Å². The Kier molecular flexibility index (Phi) is 4.94. The van der Waals surface area contributed by atoms with Crippen LogP contribution in [0.5, 0.6) is 5.75 Å². The predicted octanol–water partition coefficient (Wildman–Crippen LogP) is 5.13. The first-order chi connectivity index (χ1) is 12.4. The number of ether oxygens (including phenoxy) is 1. The minimum atomic E-state index is -0.192. The molecule has 1 aliphatic rings. The third kappa shape index (κ3) is 3.85. The molecule has 1 fully saturated rings. The van der Waals surface area contributed by atoms with E-state index in [9.17, 15) is 9.90 Å². The van der Waals surface area contributed by atoms with Gasteiger partial charge in [0.05, 0.1) is 24.1 Å². The highest BCUT2D eigenvalue weighted by atomic mass is 16.5. The highest BCUT2D eigenvalue weighted by Gasteiger charge is 2.36. The van der Waals surface area contributed by atoms with Crippen LogP contribution < -0.4 is 4.74 Å². The van der Waals surface area contributed by atoms with Gasteiger partial charge in [-0.25, -0.2) is 0 Å². The molecule has 3 rings (SSSR count). The van der Waals surface area contributed by atoms with E-state index in [1.54, 1.807) is 19.2 Å². The Hall–Kier alpha value is -2.88. The summed E-state index contributed by atoms with van der Waals surface area (Å²) in [5, 5.41) is 10.8. The van der Waals surface area contributed by atoms with Crippen LogP contribution in [0, 0.1) is 5.41 Å². The summed E-state index contributed by atoms with van der Waals surface area (Å²) in [5.41, 5.74) is 2.11. The predicted molar refractivity (Wildman–Crippen MR) is 104 cm³/mol. The molecule has 0 aromatic heterocycles. The number of ketones is 1. The summed E-state index contributed by atoms with van der Waals surface area (Å²) < 4.78 is 5.17. The molecule has 0 bridgehead atoms. The Morgan fingerprint density at radius 3 is 2.31 bits per heavy atom. The largest absolute Gasteiger partial charge is 0.506 e. The van der Waals surface area contributed by atoms with Crippen molar-refractivity contribution in [3.63, 3.8) is 0 Å². The van der Waals surface area contributed by atoms with Crippen molar-refractivity contribution in [2.75, 3.05) is 7.11 Å². The lowest BCUT2D eigenvalue weighted by Crippen LogP contribution is -2.32. The van der Waals surface area contributed by atoms with Crippen molar-refractivity contribution in [2.24, 2.45) is 10.4 Å². The van der Waals surface area contributed by atoms with E-state index >= 15 is 0 Å². The Morgan fingerprint density at radius 2 is 1.69 bits per heavy atom. The zero-order valence-corrected chi connectivity index (χ0v) is 15.3. The molecule has 1 saturated carbocycles. The third-order valence-electron chi connectivity index (χ3n) is 4.47. The first-order valence-electron chi connectivity index (χ1n) is 8.63. The molecule has 1 N–H and O–H groups in total. The maximum atomic E-state index is 12.8. The molecule has 0 spiro atoms. The lowest BCUT2D eigenvalue weighted by atomic mass is 9.73. The highest BCUT2D eigenvalue weighted by Crippen LogP contribution is 2.37. The molecule has 4 heteroatoms. The Bertz CT molecular complexity index is 862. The maximum Gasteiger partial charge on any atom is 0.169 e. The molecule has 134 valence electrons. The number of benzene rings is 2. The molecule has 0 heterocycles. The first-order valence-corrected chi connectivity index (χ1v) is 8.63. The van der Waals surface area contributed by atoms with Gasteiger partial charge in [0.1, 0.15) is 11.5 Å². The normalized spacial score (nSPS) is 20.1. The van der Waals surface area contributed by atoms with Crippen LogP contribution in [0.15, 0.2) is 65.2 Å². The van der Waals surface area contributed by atoms with Crippen molar-refractivity contribution < 1.29 is 14.6 Å². The van der Waals surface area contributed by atoms with E-state index in [2.05, 4.69) is 4.99 Å². The molecule has 2 aromatic carbocycles. The number of methoxy groups -OCH3 is 1. The fraction of sp³-hybridized carbons (Fsp3) is 0.273. The zero-order valence-electron chi connectivity index (χ0n) is 15.3. The number of carbonyl (C=O) groups excluding carboxylic acids is 1. The van der Waals surface area contributed by atoms with Crippen molar-refractivity contribution in [1.29, 1.82) is 0 Å². The Labute approximate surface area is 153 Å². The van der Waals surface area contributed by atoms with E-state index in [-0.39, 0.29) is 17.0 Å². The van der Waals surface area contributed by atoms with Crippen LogP contribution in [-0.2, 0) is 4.79 Å². The monoisotopic (exact) mass is 349 g/mol. The van der Waals surface area contributed by atoms with Crippen LogP contribution in [-0.4, -0.2) is 23.7 Å². The van der Waals surface area contributed by atoms with Gasteiger partial charge < -0.3 is 9.84 Å². The lowest BCUT2D eigenvalue weighted by Gasteiger charge is -2.31. The summed E-state index contributed by atoms with van der Waals surface area (Å²) in [7, 11) is 1.61. The summed E-state index contributed by atoms with van der Waals surface area (Å²) >= 11 is 0. The summed E-state index contributed by atoms with van der Waals surface area (Å²) in [5.74, 6) is 0.671. The lowest BCUT2D eigenvalue weighted by molar-refractivity contribution is -0.117. The topological polar surface area (TPSA) is 58.9 Å². The molecule has 26 heavy (non-hydrogen) atoms. The summed E-state index contributed by atoms with van der Waals surface area (Å²) in [4.78, 5) is 17.5. The second kappa shape index (κ2) is 7.16. The number of aliphatic hydroxyl groups is 1. The number of nitrogens with zero attached hydrogens (tertiary/aromatic N) is 1. The molecule has 2 aromatic rings. The van der Waals surface area contributed by atoms with Crippen molar-refractivity contribution in [1.82, 2.24) is 0 Å². The van der Waals surface area contributed by atoms with Crippen LogP contribution >= 0.6 is 0 Å². The van der Waals surface area contributed by atoms with Gasteiger partial charge in [-0.1, -0.05) is 44.2 Å². The summed E-state index contributed by atoms with van der Waals surface area (Å²) in [6.45, 7) is 4.09. The molecule has 0 aliphatic heterocycles. The highest BCUT2D eigenvalue weighted by molar-refractivity contribution is 6.28. The van der Waals surface area contributed by atoms with Crippen LogP contribution in [0.25, 0.3) is 5.76 Å². The number of aliphatic imine (C=N–C) groups is 1. The van der Waals surface area contributed by atoms with Crippen LogP contribution in [0.2, 0.25) is 0 Å². The summed E-state index contributed by atoms with van der Waals surface area (Å²) in [6, 6.07) is 16.5. The smallest absolute Gasteiger partial charge is 0.169 e. The van der Waals surface area contributed by atoms with E-state index in [1.807, 2.05) is 56.3 Å². The summed E-state index contributed by atoms with van der Waals surface area (Å²) in [6.07, 6.45) is 1.01. The SMILES string of the molecule is COc1ccc(N=C2CC(C)(C)CC(=O)/C2=C(\O)c2ccccc2)cc1. The number of rotatable bonds is 3. The third-order valence-corrected chi connectivity index (χ3v) is 4.47. The second-order valence-electron chi connectivity index (χ2n) is 7.29. The van der Waals surface area contributed by atoms with Crippen LogP contribution in [0.4, 0.5) is 5.69 Å². The van der Waals surface area contributed by atoms with Crippen molar-refractivity contribution >= 4 is 22.9 Å². The molecule has 0 amide bonds. The van der Waals surface area contributed by atoms with E-state index in [4.69, 9.17) is 4.74 Å². The zero-order chi connectivity index (χ0) is 18.7. The molecule has 0 unspecified atom stereocenters. The maximum absolute atomic E-state index is 12.8. The molecule has 4 nitrogen and oxygen atoms in total. The van der Waals surface area contributed by atoms with E-state index in [0.717, 1.165) is 11.4 Å². The molecule has 0 atom stereocenters. The van der Waals surface area contributed by atoms with E-state index < -0.39 is 0 Å². The molecule has 0 saturated heterocycles. The van der Waals surface area contributed by atoms with Gasteiger partial charge in [-0.05, 0) is 36.1 Å². The second-order valence-corrected chi connectivity index (χ2v) is 7.29. The average Bonchev–Trinajstić information content (AvgIpc) is 2.61. The number of aliphatic hydroxyl groups excluding tert-OH is 1. The number of allylic oxidation sites excluding steroid dienone is 1. The molecule has 1 aliphatic carbocycles. The minimum Gasteiger partial charge on any atom is -0.506 e. The molecular weight excluding hydrogens is 326 g/mol. The number of hydrogen-bond acceptors (Lipinski definition) is 4. The van der Waals surface area contributed by atoms with Gasteiger partial charge in [-0.15, -0.1) is 0 Å². The van der Waals surface area contributed by atoms with Gasteiger partial charge >= 0.3 is 0 Å². The van der Waals surface area contributed by atoms with E-state index in [0.29, 0.717) is 29.7 Å². The molecule has 0 radical (unpaired) electrons. The van der Waals surface area contributed by atoms with Gasteiger partial charge in [-0.3, -0.25) is 9.79 Å². The number of carbonyl (C=O) groups is 1. The van der Waals surface area contributed by atoms with Gasteiger partial charge in [0, 0.05) is 12.0 Å². The van der Waals surface area contributed by atoms with Crippen molar-refractivity contribution in [3.8, 4) is 5.75 Å². The number of Topliss-reactive ketones (excluding diaryl/α,β-unsaturated/α-hetero) is 1. The average molecular weight is 349 g/mol. The Morgan fingerprint density at radius 1 is 1.04 bits per heavy atom. The van der Waals surface area contributed by atoms with Gasteiger partial charge in [0.15, 0.2) is 5.78 Å². The Balaban J connectivity index is 2.10. The van der Waals surface area contributed by atoms with Crippen molar-refractivity contribution in [2.45, 2.75) is 26.7 Å². The fourth-order valence-electron chi connectivity index (χ4n) is 3.21. The van der Waals surface area contributed by atoms with E-state index in [1.165, 1.54) is 0 Å². The number of hydrogen-bond donors (Lipinski definition) is 1. The van der Waals surface area contributed by atoms with Crippen LogP contribution in [0.3, 0.4) is 0 Å². The first kappa shape index (κ1) is 17.9. The standard InChI is InChI=1S/C22H23NO3/c1-22(2)13-18(23-16-9-11-17(26-3)12-10-16)20(19(24)14-22)21(25)15-7-5-4-6-8-15/h4-12,25H,13-14H2,1-3H3/b21-20-,23-18?. The fourth-order valence-corrected chi connectivity index (χ4v) is 3.21. The quantitative estimate of drug-likeness (QED) is 0.617.